The van der Waals surface area contributed by atoms with Gasteiger partial charge in [-0.05, 0) is 69.4 Å². The highest BCUT2D eigenvalue weighted by Gasteiger charge is 2.09. The number of hydrogen-bond donors (Lipinski definition) is 2. The van der Waals surface area contributed by atoms with Crippen LogP contribution < -0.4 is 15.4 Å². The Morgan fingerprint density at radius 1 is 0.893 bits per heavy atom. The van der Waals surface area contributed by atoms with Gasteiger partial charge < -0.3 is 20.3 Å². The fourth-order valence-corrected chi connectivity index (χ4v) is 2.79. The van der Waals surface area contributed by atoms with Crippen molar-refractivity contribution in [3.63, 3.8) is 0 Å². The number of benzene rings is 2. The number of nitrogens with one attached hydrogen (secondary N) is 2. The van der Waals surface area contributed by atoms with Gasteiger partial charge in [0.05, 0.1) is 7.11 Å². The maximum Gasteiger partial charge on any atom is 0.251 e. The molecule has 0 spiro atoms. The Hall–Kier alpha value is -2.86. The first-order chi connectivity index (χ1) is 13.5. The number of amides is 2. The van der Waals surface area contributed by atoms with Crippen LogP contribution in [0.25, 0.3) is 0 Å². The van der Waals surface area contributed by atoms with Crippen molar-refractivity contribution < 1.29 is 14.3 Å². The van der Waals surface area contributed by atoms with Crippen molar-refractivity contribution in [2.75, 3.05) is 40.8 Å². The van der Waals surface area contributed by atoms with E-state index in [9.17, 15) is 9.59 Å². The molecular formula is C22H29N3O3. The van der Waals surface area contributed by atoms with Gasteiger partial charge in [0.1, 0.15) is 5.75 Å². The number of methoxy groups -OCH3 is 1. The van der Waals surface area contributed by atoms with E-state index in [1.807, 2.05) is 38.4 Å². The van der Waals surface area contributed by atoms with Gasteiger partial charge in [0.2, 0.25) is 0 Å². The summed E-state index contributed by atoms with van der Waals surface area (Å²) in [6.07, 6.45) is 1.58. The van der Waals surface area contributed by atoms with Crippen LogP contribution in [0.1, 0.15) is 32.7 Å². The Morgan fingerprint density at radius 2 is 1.46 bits per heavy atom. The number of para-hydroxylation sites is 1. The van der Waals surface area contributed by atoms with Crippen molar-refractivity contribution >= 4 is 11.8 Å². The number of hydrogen-bond acceptors (Lipinski definition) is 4. The molecule has 0 bridgehead atoms. The lowest BCUT2D eigenvalue weighted by molar-refractivity contribution is 0.0941. The zero-order valence-corrected chi connectivity index (χ0v) is 16.8. The predicted octanol–water partition coefficient (Wildman–Crippen LogP) is 2.35. The lowest BCUT2D eigenvalue weighted by Crippen LogP contribution is -2.27. The topological polar surface area (TPSA) is 70.7 Å². The molecule has 28 heavy (non-hydrogen) atoms. The summed E-state index contributed by atoms with van der Waals surface area (Å²) >= 11 is 0. The van der Waals surface area contributed by atoms with Crippen LogP contribution in [0.2, 0.25) is 0 Å². The lowest BCUT2D eigenvalue weighted by atomic mass is 10.1. The summed E-state index contributed by atoms with van der Waals surface area (Å²) in [5, 5.41) is 5.79. The maximum atomic E-state index is 12.3. The Kier molecular flexibility index (Phi) is 8.49. The van der Waals surface area contributed by atoms with E-state index >= 15 is 0 Å². The average Bonchev–Trinajstić information content (AvgIpc) is 2.71. The maximum absolute atomic E-state index is 12.3. The van der Waals surface area contributed by atoms with E-state index in [2.05, 4.69) is 15.5 Å². The van der Waals surface area contributed by atoms with Crippen LogP contribution in [0.15, 0.2) is 48.5 Å². The van der Waals surface area contributed by atoms with Crippen LogP contribution in [0.4, 0.5) is 0 Å². The molecule has 0 radical (unpaired) electrons. The van der Waals surface area contributed by atoms with Gasteiger partial charge in [-0.1, -0.05) is 18.2 Å². The molecule has 6 heteroatoms. The second kappa shape index (κ2) is 11.1. The summed E-state index contributed by atoms with van der Waals surface area (Å²) in [5.41, 5.74) is 2.13. The molecule has 2 amide bonds. The van der Waals surface area contributed by atoms with Crippen molar-refractivity contribution in [2.45, 2.75) is 12.8 Å². The first kappa shape index (κ1) is 21.4. The highest BCUT2D eigenvalue weighted by molar-refractivity contribution is 5.97. The van der Waals surface area contributed by atoms with E-state index in [1.165, 1.54) is 0 Å². The smallest absolute Gasteiger partial charge is 0.251 e. The Morgan fingerprint density at radius 3 is 2.04 bits per heavy atom. The van der Waals surface area contributed by atoms with Crippen LogP contribution in [-0.4, -0.2) is 57.6 Å². The minimum Gasteiger partial charge on any atom is -0.496 e. The quantitative estimate of drug-likeness (QED) is 0.618. The van der Waals surface area contributed by atoms with Gasteiger partial charge in [0, 0.05) is 24.2 Å². The molecule has 2 rings (SSSR count). The van der Waals surface area contributed by atoms with Crippen LogP contribution in [0.5, 0.6) is 5.75 Å². The van der Waals surface area contributed by atoms with Gasteiger partial charge in [-0.2, -0.15) is 0 Å². The number of ether oxygens (including phenoxy) is 1. The third-order valence-corrected chi connectivity index (χ3v) is 4.35. The summed E-state index contributed by atoms with van der Waals surface area (Å²) in [5.74, 6) is 0.535. The Labute approximate surface area is 166 Å². The number of carbonyl (C=O) groups excluding carboxylic acids is 2. The van der Waals surface area contributed by atoms with Crippen molar-refractivity contribution in [3.8, 4) is 5.75 Å². The standard InChI is InChI=1S/C22H29N3O3/c1-25(2)16-6-14-23-21(26)18-9-11-19(12-10-18)22(27)24-15-13-17-7-4-5-8-20(17)28-3/h4-5,7-12H,6,13-16H2,1-3H3,(H,23,26)(H,24,27). The molecule has 0 saturated carbocycles. The van der Waals surface area contributed by atoms with Crippen LogP contribution >= 0.6 is 0 Å². The molecule has 0 fully saturated rings. The van der Waals surface area contributed by atoms with Crippen molar-refractivity contribution in [2.24, 2.45) is 0 Å². The number of nitrogens with zero attached hydrogens (tertiary/aromatic N) is 1. The van der Waals surface area contributed by atoms with Gasteiger partial charge in [-0.3, -0.25) is 9.59 Å². The Bertz CT molecular complexity index is 773. The summed E-state index contributed by atoms with van der Waals surface area (Å²) in [7, 11) is 5.64. The zero-order valence-electron chi connectivity index (χ0n) is 16.8. The SMILES string of the molecule is COc1ccccc1CCNC(=O)c1ccc(C(=O)NCCCN(C)C)cc1. The molecule has 0 aliphatic heterocycles. The van der Waals surface area contributed by atoms with Gasteiger partial charge >= 0.3 is 0 Å². The molecule has 2 aromatic rings. The van der Waals surface area contributed by atoms with Crippen LogP contribution in [-0.2, 0) is 6.42 Å². The van der Waals surface area contributed by atoms with Gasteiger partial charge in [-0.25, -0.2) is 0 Å². The monoisotopic (exact) mass is 383 g/mol. The molecular weight excluding hydrogens is 354 g/mol. The van der Waals surface area contributed by atoms with E-state index in [-0.39, 0.29) is 11.8 Å². The first-order valence-corrected chi connectivity index (χ1v) is 9.44. The minimum absolute atomic E-state index is 0.123. The lowest BCUT2D eigenvalue weighted by Gasteiger charge is -2.10. The van der Waals surface area contributed by atoms with E-state index in [0.29, 0.717) is 30.6 Å². The third-order valence-electron chi connectivity index (χ3n) is 4.35. The molecule has 6 nitrogen and oxygen atoms in total. The molecule has 0 aliphatic rings. The van der Waals surface area contributed by atoms with Crippen molar-refractivity contribution in [1.82, 2.24) is 15.5 Å². The Balaban J connectivity index is 1.80. The van der Waals surface area contributed by atoms with Crippen molar-refractivity contribution in [3.05, 3.63) is 65.2 Å². The van der Waals surface area contributed by atoms with E-state index in [4.69, 9.17) is 4.74 Å². The zero-order chi connectivity index (χ0) is 20.4. The van der Waals surface area contributed by atoms with Crippen LogP contribution in [0.3, 0.4) is 0 Å². The summed E-state index contributed by atoms with van der Waals surface area (Å²) in [4.78, 5) is 26.5. The van der Waals surface area contributed by atoms with Gasteiger partial charge in [0.15, 0.2) is 0 Å². The largest absolute Gasteiger partial charge is 0.496 e. The van der Waals surface area contributed by atoms with Gasteiger partial charge in [-0.15, -0.1) is 0 Å². The summed E-state index contributed by atoms with van der Waals surface area (Å²) < 4.78 is 5.32. The summed E-state index contributed by atoms with van der Waals surface area (Å²) in [6.45, 7) is 2.06. The normalized spacial score (nSPS) is 10.6. The third kappa shape index (κ3) is 6.70. The highest BCUT2D eigenvalue weighted by atomic mass is 16.5. The predicted molar refractivity (Wildman–Crippen MR) is 111 cm³/mol. The average molecular weight is 383 g/mol. The molecule has 0 atom stereocenters. The molecule has 0 saturated heterocycles. The second-order valence-electron chi connectivity index (χ2n) is 6.81. The molecule has 0 aliphatic carbocycles. The first-order valence-electron chi connectivity index (χ1n) is 9.44. The van der Waals surface area contributed by atoms with Crippen molar-refractivity contribution in [1.29, 1.82) is 0 Å². The van der Waals surface area contributed by atoms with Gasteiger partial charge in [0.25, 0.3) is 11.8 Å². The number of carbonyl (C=O) groups is 2. The molecule has 2 N–H and O–H groups in total. The van der Waals surface area contributed by atoms with E-state index in [1.54, 1.807) is 31.4 Å². The van der Waals surface area contributed by atoms with Crippen LogP contribution in [0, 0.1) is 0 Å². The summed E-state index contributed by atoms with van der Waals surface area (Å²) in [6, 6.07) is 14.5. The molecule has 0 unspecified atom stereocenters. The second-order valence-corrected chi connectivity index (χ2v) is 6.81. The number of rotatable bonds is 10. The fourth-order valence-electron chi connectivity index (χ4n) is 2.79. The molecule has 0 aromatic heterocycles. The highest BCUT2D eigenvalue weighted by Crippen LogP contribution is 2.17. The van der Waals surface area contributed by atoms with E-state index in [0.717, 1.165) is 24.3 Å². The van der Waals surface area contributed by atoms with E-state index < -0.39 is 0 Å². The fraction of sp³-hybridized carbons (Fsp3) is 0.364. The minimum atomic E-state index is -0.159. The molecule has 150 valence electrons. The molecule has 2 aromatic carbocycles. The molecule has 0 heterocycles.